The average molecular weight is 227 g/mol. The maximum absolute atomic E-state index is 11.0. The maximum atomic E-state index is 11.0. The van der Waals surface area contributed by atoms with Gasteiger partial charge in [0.05, 0.1) is 4.99 Å². The fourth-order valence-electron chi connectivity index (χ4n) is 2.16. The molecule has 1 aliphatic heterocycles. The highest BCUT2D eigenvalue weighted by molar-refractivity contribution is 7.80. The lowest BCUT2D eigenvalue weighted by atomic mass is 9.92. The molecule has 0 aromatic heterocycles. The monoisotopic (exact) mass is 227 g/mol. The smallest absolute Gasteiger partial charge is 0.130 e. The van der Waals surface area contributed by atoms with Gasteiger partial charge in [-0.2, -0.15) is 0 Å². The van der Waals surface area contributed by atoms with Crippen LogP contribution in [-0.2, 0) is 4.79 Å². The lowest BCUT2D eigenvalue weighted by Crippen LogP contribution is -2.37. The van der Waals surface area contributed by atoms with E-state index in [-0.39, 0.29) is 0 Å². The molecule has 0 saturated carbocycles. The number of carbonyl (C=O) groups is 1. The number of Topliss-reactive ketones (excluding diaryl/α,β-unsaturated/α-hetero) is 1. The summed E-state index contributed by atoms with van der Waals surface area (Å²) in [6, 6.07) is 0. The van der Waals surface area contributed by atoms with E-state index in [1.807, 2.05) is 0 Å². The summed E-state index contributed by atoms with van der Waals surface area (Å²) in [5.74, 6) is 0.924. The average Bonchev–Trinajstić information content (AvgIpc) is 2.18. The molecule has 2 nitrogen and oxygen atoms in total. The molecule has 0 radical (unpaired) electrons. The number of rotatable bonds is 4. The molecule has 0 spiro atoms. The van der Waals surface area contributed by atoms with Crippen molar-refractivity contribution >= 4 is 23.0 Å². The minimum Gasteiger partial charge on any atom is -0.366 e. The molecular formula is C12H21NOS. The number of carbonyl (C=O) groups excluding carboxylic acids is 1. The largest absolute Gasteiger partial charge is 0.366 e. The third-order valence-electron chi connectivity index (χ3n) is 3.01. The number of hydrogen-bond donors (Lipinski definition) is 0. The van der Waals surface area contributed by atoms with Gasteiger partial charge in [0.2, 0.25) is 0 Å². The number of piperidine rings is 1. The first-order chi connectivity index (χ1) is 7.13. The molecule has 3 heteroatoms. The molecule has 1 aliphatic rings. The van der Waals surface area contributed by atoms with Gasteiger partial charge in [-0.15, -0.1) is 0 Å². The van der Waals surface area contributed by atoms with E-state index in [2.05, 4.69) is 11.8 Å². The van der Waals surface area contributed by atoms with Gasteiger partial charge in [0.25, 0.3) is 0 Å². The highest BCUT2D eigenvalue weighted by Gasteiger charge is 2.21. The molecule has 0 aromatic carbocycles. The Bertz CT molecular complexity index is 232. The summed E-state index contributed by atoms with van der Waals surface area (Å²) in [5.41, 5.74) is 0. The topological polar surface area (TPSA) is 20.3 Å². The highest BCUT2D eigenvalue weighted by Crippen LogP contribution is 2.21. The molecule has 1 rings (SSSR count). The van der Waals surface area contributed by atoms with E-state index in [0.29, 0.717) is 11.7 Å². The van der Waals surface area contributed by atoms with Crippen LogP contribution in [0.4, 0.5) is 0 Å². The summed E-state index contributed by atoms with van der Waals surface area (Å²) in [5, 5.41) is 0. The Kier molecular flexibility index (Phi) is 5.23. The van der Waals surface area contributed by atoms with Crippen LogP contribution in [0.25, 0.3) is 0 Å². The quantitative estimate of drug-likeness (QED) is 0.689. The van der Waals surface area contributed by atoms with Crippen molar-refractivity contribution in [1.29, 1.82) is 0 Å². The van der Waals surface area contributed by atoms with Gasteiger partial charge >= 0.3 is 0 Å². The summed E-state index contributed by atoms with van der Waals surface area (Å²) < 4.78 is 0. The summed E-state index contributed by atoms with van der Waals surface area (Å²) in [6.07, 6.45) is 5.18. The molecule has 1 fully saturated rings. The van der Waals surface area contributed by atoms with E-state index in [1.165, 1.54) is 0 Å². The van der Waals surface area contributed by atoms with Crippen molar-refractivity contribution in [2.75, 3.05) is 13.1 Å². The van der Waals surface area contributed by atoms with E-state index in [0.717, 1.165) is 50.2 Å². The van der Waals surface area contributed by atoms with Gasteiger partial charge in [0.15, 0.2) is 0 Å². The van der Waals surface area contributed by atoms with Crippen LogP contribution in [0.15, 0.2) is 0 Å². The standard InChI is InChI=1S/C12H21NOS/c1-3-4-12(15)13-7-5-11(6-8-13)9-10(2)14/h11H,3-9H2,1-2H3. The van der Waals surface area contributed by atoms with Gasteiger partial charge in [-0.3, -0.25) is 0 Å². The third kappa shape index (κ3) is 4.29. The molecule has 1 saturated heterocycles. The molecule has 0 aliphatic carbocycles. The minimum atomic E-state index is 0.324. The summed E-state index contributed by atoms with van der Waals surface area (Å²) in [7, 11) is 0. The van der Waals surface area contributed by atoms with E-state index >= 15 is 0 Å². The lowest BCUT2D eigenvalue weighted by Gasteiger charge is -2.33. The van der Waals surface area contributed by atoms with Crippen molar-refractivity contribution in [3.63, 3.8) is 0 Å². The van der Waals surface area contributed by atoms with Crippen LogP contribution in [0.1, 0.15) is 46.0 Å². The Morgan fingerprint density at radius 3 is 2.47 bits per heavy atom. The van der Waals surface area contributed by atoms with Crippen molar-refractivity contribution in [3.05, 3.63) is 0 Å². The first kappa shape index (κ1) is 12.6. The number of likely N-dealkylation sites (tertiary alicyclic amines) is 1. The van der Waals surface area contributed by atoms with E-state index in [9.17, 15) is 4.79 Å². The van der Waals surface area contributed by atoms with E-state index in [1.54, 1.807) is 6.92 Å². The second-order valence-electron chi connectivity index (χ2n) is 4.48. The van der Waals surface area contributed by atoms with Crippen LogP contribution >= 0.6 is 12.2 Å². The molecule has 1 heterocycles. The van der Waals surface area contributed by atoms with Crippen molar-refractivity contribution < 1.29 is 4.79 Å². The fourth-order valence-corrected chi connectivity index (χ4v) is 2.55. The molecule has 0 bridgehead atoms. The van der Waals surface area contributed by atoms with Crippen molar-refractivity contribution in [1.82, 2.24) is 4.90 Å². The first-order valence-electron chi connectivity index (χ1n) is 5.90. The molecular weight excluding hydrogens is 206 g/mol. The Morgan fingerprint density at radius 1 is 1.40 bits per heavy atom. The van der Waals surface area contributed by atoms with Gasteiger partial charge < -0.3 is 9.69 Å². The predicted molar refractivity (Wildman–Crippen MR) is 67.1 cm³/mol. The zero-order valence-electron chi connectivity index (χ0n) is 9.79. The molecule has 86 valence electrons. The number of nitrogens with zero attached hydrogens (tertiary/aromatic N) is 1. The minimum absolute atomic E-state index is 0.324. The first-order valence-corrected chi connectivity index (χ1v) is 6.31. The third-order valence-corrected chi connectivity index (χ3v) is 3.47. The van der Waals surface area contributed by atoms with Crippen molar-refractivity contribution in [2.45, 2.75) is 46.0 Å². The molecule has 0 aromatic rings. The van der Waals surface area contributed by atoms with E-state index in [4.69, 9.17) is 12.2 Å². The van der Waals surface area contributed by atoms with E-state index < -0.39 is 0 Å². The normalized spacial score (nSPS) is 17.9. The summed E-state index contributed by atoms with van der Waals surface area (Å²) in [4.78, 5) is 14.4. The van der Waals surface area contributed by atoms with Crippen LogP contribution < -0.4 is 0 Å². The Balaban J connectivity index is 2.29. The molecule has 0 N–H and O–H groups in total. The van der Waals surface area contributed by atoms with Crippen LogP contribution in [0, 0.1) is 5.92 Å². The Labute approximate surface area is 98.0 Å². The van der Waals surface area contributed by atoms with Gasteiger partial charge in [-0.05, 0) is 38.5 Å². The molecule has 0 unspecified atom stereocenters. The maximum Gasteiger partial charge on any atom is 0.130 e. The van der Waals surface area contributed by atoms with Gasteiger partial charge in [-0.25, -0.2) is 0 Å². The van der Waals surface area contributed by atoms with Crippen LogP contribution in [0.3, 0.4) is 0 Å². The lowest BCUT2D eigenvalue weighted by molar-refractivity contribution is -0.118. The molecule has 0 atom stereocenters. The van der Waals surface area contributed by atoms with Gasteiger partial charge in [-0.1, -0.05) is 19.1 Å². The van der Waals surface area contributed by atoms with Crippen molar-refractivity contribution in [3.8, 4) is 0 Å². The summed E-state index contributed by atoms with van der Waals surface area (Å²) in [6.45, 7) is 5.95. The van der Waals surface area contributed by atoms with Crippen LogP contribution in [0.2, 0.25) is 0 Å². The highest BCUT2D eigenvalue weighted by atomic mass is 32.1. The second-order valence-corrected chi connectivity index (χ2v) is 4.95. The Hall–Kier alpha value is -0.440. The summed E-state index contributed by atoms with van der Waals surface area (Å²) >= 11 is 5.36. The zero-order valence-corrected chi connectivity index (χ0v) is 10.6. The predicted octanol–water partition coefficient (Wildman–Crippen LogP) is 2.81. The number of thiocarbonyl (C=S) groups is 1. The number of ketones is 1. The Morgan fingerprint density at radius 2 is 2.00 bits per heavy atom. The SMILES string of the molecule is CCCC(=S)N1CCC(CC(C)=O)CC1. The molecule has 0 amide bonds. The van der Waals surface area contributed by atoms with Gasteiger partial charge in [0, 0.05) is 19.5 Å². The van der Waals surface area contributed by atoms with Crippen molar-refractivity contribution in [2.24, 2.45) is 5.92 Å². The van der Waals surface area contributed by atoms with Gasteiger partial charge in [0.1, 0.15) is 5.78 Å². The van der Waals surface area contributed by atoms with Crippen LogP contribution in [0.5, 0.6) is 0 Å². The number of hydrogen-bond acceptors (Lipinski definition) is 2. The van der Waals surface area contributed by atoms with Crippen LogP contribution in [-0.4, -0.2) is 28.8 Å². The zero-order chi connectivity index (χ0) is 11.3. The second kappa shape index (κ2) is 6.21. The fraction of sp³-hybridized carbons (Fsp3) is 0.833. The molecule has 15 heavy (non-hydrogen) atoms.